The average molecular weight is 241 g/mol. The van der Waals surface area contributed by atoms with E-state index < -0.39 is 21.9 Å². The lowest BCUT2D eigenvalue weighted by atomic mass is 10.1. The van der Waals surface area contributed by atoms with Gasteiger partial charge in [0.2, 0.25) is 0 Å². The molecule has 2 rings (SSSR count). The molecule has 1 N–H and O–H groups in total. The summed E-state index contributed by atoms with van der Waals surface area (Å²) in [5.74, 6) is -1.56. The predicted molar refractivity (Wildman–Crippen MR) is 52.4 cm³/mol. The van der Waals surface area contributed by atoms with Crippen LogP contribution in [0.3, 0.4) is 0 Å². The molecule has 0 atom stereocenters. The highest BCUT2D eigenvalue weighted by molar-refractivity contribution is 7.90. The first-order valence-corrected chi connectivity index (χ1v) is 5.74. The summed E-state index contributed by atoms with van der Waals surface area (Å²) in [5, 5.41) is 0. The van der Waals surface area contributed by atoms with Gasteiger partial charge in [0.1, 0.15) is 4.90 Å². The summed E-state index contributed by atoms with van der Waals surface area (Å²) in [6.45, 7) is 0. The van der Waals surface area contributed by atoms with Gasteiger partial charge in [-0.3, -0.25) is 4.79 Å². The van der Waals surface area contributed by atoms with E-state index in [1.165, 1.54) is 18.2 Å². The number of sulfonamides is 1. The minimum Gasteiger partial charge on any atom is -0.465 e. The van der Waals surface area contributed by atoms with Crippen LogP contribution in [0.15, 0.2) is 23.1 Å². The zero-order valence-corrected chi connectivity index (χ0v) is 9.00. The summed E-state index contributed by atoms with van der Waals surface area (Å²) in [5.41, 5.74) is -0.215. The van der Waals surface area contributed by atoms with Gasteiger partial charge in [-0.15, -0.1) is 0 Å². The van der Waals surface area contributed by atoms with Gasteiger partial charge < -0.3 is 4.74 Å². The molecular formula is C9H7NO5S. The lowest BCUT2D eigenvalue weighted by Crippen LogP contribution is -2.21. The topological polar surface area (TPSA) is 89.5 Å². The van der Waals surface area contributed by atoms with Crippen molar-refractivity contribution in [2.75, 3.05) is 7.11 Å². The van der Waals surface area contributed by atoms with E-state index in [0.717, 1.165) is 7.11 Å². The highest BCUT2D eigenvalue weighted by atomic mass is 32.2. The van der Waals surface area contributed by atoms with E-state index in [0.29, 0.717) is 0 Å². The number of methoxy groups -OCH3 is 1. The van der Waals surface area contributed by atoms with Gasteiger partial charge in [-0.2, -0.15) is 0 Å². The van der Waals surface area contributed by atoms with Crippen molar-refractivity contribution in [3.63, 3.8) is 0 Å². The summed E-state index contributed by atoms with van der Waals surface area (Å²) in [6.07, 6.45) is 0. The third-order valence-electron chi connectivity index (χ3n) is 2.18. The van der Waals surface area contributed by atoms with E-state index in [-0.39, 0.29) is 16.0 Å². The summed E-state index contributed by atoms with van der Waals surface area (Å²) in [4.78, 5) is 22.6. The van der Waals surface area contributed by atoms with E-state index in [4.69, 9.17) is 0 Å². The number of rotatable bonds is 1. The Balaban J connectivity index is 2.76. The first-order chi connectivity index (χ1) is 7.47. The molecule has 16 heavy (non-hydrogen) atoms. The Labute approximate surface area is 91.3 Å². The second kappa shape index (κ2) is 3.31. The molecule has 0 bridgehead atoms. The quantitative estimate of drug-likeness (QED) is 0.694. The van der Waals surface area contributed by atoms with Crippen molar-refractivity contribution < 1.29 is 22.7 Å². The number of fused-ring (bicyclic) bond motifs is 1. The summed E-state index contributed by atoms with van der Waals surface area (Å²) in [6, 6.07) is 3.98. The average Bonchev–Trinajstić information content (AvgIpc) is 2.48. The fourth-order valence-electron chi connectivity index (χ4n) is 1.50. The van der Waals surface area contributed by atoms with Gasteiger partial charge in [0.15, 0.2) is 0 Å². The van der Waals surface area contributed by atoms with Crippen molar-refractivity contribution in [2.45, 2.75) is 4.90 Å². The highest BCUT2D eigenvalue weighted by Crippen LogP contribution is 2.25. The number of carbonyl (C=O) groups excluding carboxylic acids is 2. The molecule has 0 aliphatic carbocycles. The van der Waals surface area contributed by atoms with Crippen molar-refractivity contribution >= 4 is 21.9 Å². The first-order valence-electron chi connectivity index (χ1n) is 4.26. The number of esters is 1. The number of hydrogen-bond acceptors (Lipinski definition) is 5. The van der Waals surface area contributed by atoms with Crippen LogP contribution in [-0.4, -0.2) is 27.4 Å². The Bertz CT molecular complexity index is 590. The Morgan fingerprint density at radius 2 is 2.06 bits per heavy atom. The van der Waals surface area contributed by atoms with E-state index >= 15 is 0 Å². The number of hydrogen-bond donors (Lipinski definition) is 1. The molecule has 1 aromatic rings. The van der Waals surface area contributed by atoms with Gasteiger partial charge in [0.25, 0.3) is 15.9 Å². The molecule has 1 aliphatic heterocycles. The highest BCUT2D eigenvalue weighted by Gasteiger charge is 2.36. The van der Waals surface area contributed by atoms with Crippen LogP contribution in [0.5, 0.6) is 0 Å². The monoisotopic (exact) mass is 241 g/mol. The Morgan fingerprint density at radius 3 is 2.69 bits per heavy atom. The zero-order chi connectivity index (χ0) is 11.9. The molecule has 0 unspecified atom stereocenters. The van der Waals surface area contributed by atoms with Crippen molar-refractivity contribution in [3.05, 3.63) is 29.3 Å². The number of benzene rings is 1. The molecule has 1 heterocycles. The Hall–Kier alpha value is -1.89. The first kappa shape index (κ1) is 10.6. The Kier molecular flexibility index (Phi) is 2.20. The summed E-state index contributed by atoms with van der Waals surface area (Å²) < 4.78 is 29.2. The maximum absolute atomic E-state index is 11.4. The largest absolute Gasteiger partial charge is 0.465 e. The third kappa shape index (κ3) is 1.36. The van der Waals surface area contributed by atoms with Crippen LogP contribution in [0.25, 0.3) is 0 Å². The minimum atomic E-state index is -3.83. The van der Waals surface area contributed by atoms with Crippen LogP contribution in [0.1, 0.15) is 20.7 Å². The molecule has 1 amide bonds. The van der Waals surface area contributed by atoms with Crippen molar-refractivity contribution in [3.8, 4) is 0 Å². The summed E-state index contributed by atoms with van der Waals surface area (Å²) in [7, 11) is -2.67. The normalized spacial score (nSPS) is 16.4. The van der Waals surface area contributed by atoms with Gasteiger partial charge in [-0.1, -0.05) is 6.07 Å². The molecule has 6 nitrogen and oxygen atoms in total. The summed E-state index contributed by atoms with van der Waals surface area (Å²) >= 11 is 0. The third-order valence-corrected chi connectivity index (χ3v) is 3.55. The lowest BCUT2D eigenvalue weighted by Gasteiger charge is -2.02. The second-order valence-corrected chi connectivity index (χ2v) is 4.76. The molecule has 0 aromatic heterocycles. The van der Waals surface area contributed by atoms with E-state index in [1.807, 2.05) is 0 Å². The van der Waals surface area contributed by atoms with E-state index in [9.17, 15) is 18.0 Å². The number of amides is 1. The maximum Gasteiger partial charge on any atom is 0.338 e. The zero-order valence-electron chi connectivity index (χ0n) is 8.18. The number of carbonyl (C=O) groups is 2. The fourth-order valence-corrected chi connectivity index (χ4v) is 2.68. The smallest absolute Gasteiger partial charge is 0.338 e. The molecule has 0 fully saturated rings. The van der Waals surface area contributed by atoms with Crippen LogP contribution >= 0.6 is 0 Å². The van der Waals surface area contributed by atoms with Crippen LogP contribution in [0, 0.1) is 0 Å². The van der Waals surface area contributed by atoms with Crippen molar-refractivity contribution in [2.24, 2.45) is 0 Å². The van der Waals surface area contributed by atoms with Gasteiger partial charge in [0.05, 0.1) is 18.2 Å². The molecule has 1 aromatic carbocycles. The molecule has 0 saturated carbocycles. The van der Waals surface area contributed by atoms with Crippen LogP contribution in [0.4, 0.5) is 0 Å². The standard InChI is InChI=1S/C9H7NO5S/c1-15-9(12)5-3-2-4-6-7(5)8(11)10-16(6,13)14/h2-4H,1H3,(H,10,11). The molecule has 0 radical (unpaired) electrons. The molecular weight excluding hydrogens is 234 g/mol. The SMILES string of the molecule is COC(=O)c1cccc2c1C(=O)NS2(=O)=O. The van der Waals surface area contributed by atoms with E-state index in [1.54, 1.807) is 4.72 Å². The fraction of sp³-hybridized carbons (Fsp3) is 0.111. The molecule has 0 spiro atoms. The molecule has 7 heteroatoms. The van der Waals surface area contributed by atoms with Crippen molar-refractivity contribution in [1.29, 1.82) is 0 Å². The molecule has 1 aliphatic rings. The molecule has 0 saturated heterocycles. The van der Waals surface area contributed by atoms with Gasteiger partial charge in [-0.25, -0.2) is 17.9 Å². The second-order valence-electron chi connectivity index (χ2n) is 3.10. The van der Waals surface area contributed by atoms with Gasteiger partial charge in [-0.05, 0) is 12.1 Å². The lowest BCUT2D eigenvalue weighted by molar-refractivity contribution is 0.0596. The number of nitrogens with one attached hydrogen (secondary N) is 1. The molecule has 84 valence electrons. The van der Waals surface area contributed by atoms with E-state index in [2.05, 4.69) is 4.74 Å². The maximum atomic E-state index is 11.4. The van der Waals surface area contributed by atoms with Crippen LogP contribution in [0.2, 0.25) is 0 Å². The number of ether oxygens (including phenoxy) is 1. The van der Waals surface area contributed by atoms with Crippen LogP contribution in [-0.2, 0) is 14.8 Å². The minimum absolute atomic E-state index is 0.0569. The predicted octanol–water partition coefficient (Wildman–Crippen LogP) is -0.0947. The van der Waals surface area contributed by atoms with Crippen LogP contribution < -0.4 is 4.72 Å². The van der Waals surface area contributed by atoms with Gasteiger partial charge >= 0.3 is 5.97 Å². The van der Waals surface area contributed by atoms with Gasteiger partial charge in [0, 0.05) is 0 Å². The van der Waals surface area contributed by atoms with Crippen molar-refractivity contribution in [1.82, 2.24) is 4.72 Å². The Morgan fingerprint density at radius 1 is 1.38 bits per heavy atom.